The first-order valence-electron chi connectivity index (χ1n) is 16.6. The number of hydrogen-bond donors (Lipinski definition) is 5. The molecule has 5 aromatic heterocycles. The minimum absolute atomic E-state index is 0.944. The highest BCUT2D eigenvalue weighted by Crippen LogP contribution is 2.23. The molecule has 1 aliphatic heterocycles. The molecule has 7 aromatic rings. The zero-order valence-corrected chi connectivity index (χ0v) is 27.3. The molecule has 0 amide bonds. The first kappa shape index (κ1) is 28.8. The number of aromatic amines is 5. The highest BCUT2D eigenvalue weighted by atomic mass is 14.8. The summed E-state index contributed by atoms with van der Waals surface area (Å²) in [6, 6.07) is 34.4. The number of fused-ring (bicyclic) bond motifs is 10. The summed E-state index contributed by atoms with van der Waals surface area (Å²) in [5.74, 6) is 0. The van der Waals surface area contributed by atoms with Gasteiger partial charge in [0.15, 0.2) is 0 Å². The smallest absolute Gasteiger partial charge is 0.0659 e. The molecule has 5 heteroatoms. The molecule has 232 valence electrons. The molecule has 5 nitrogen and oxygen atoms in total. The van der Waals surface area contributed by atoms with Crippen molar-refractivity contribution < 1.29 is 0 Å². The minimum Gasteiger partial charge on any atom is -0.355 e. The van der Waals surface area contributed by atoms with Crippen LogP contribution in [0.15, 0.2) is 97.1 Å². The molecule has 10 bridgehead atoms. The van der Waals surface area contributed by atoms with E-state index in [2.05, 4.69) is 162 Å². The third kappa shape index (κ3) is 4.95. The van der Waals surface area contributed by atoms with Gasteiger partial charge in [-0.2, -0.15) is 0 Å². The molecule has 2 aromatic carbocycles. The maximum Gasteiger partial charge on any atom is 0.0659 e. The molecule has 6 heterocycles. The summed E-state index contributed by atoms with van der Waals surface area (Å²) in [4.78, 5) is 19.0. The topological polar surface area (TPSA) is 78.9 Å². The quantitative estimate of drug-likeness (QED) is 0.166. The predicted octanol–water partition coefficient (Wildman–Crippen LogP) is 5.82. The van der Waals surface area contributed by atoms with E-state index in [0.29, 0.717) is 0 Å². The number of rotatable bonds is 4. The van der Waals surface area contributed by atoms with E-state index in [-0.39, 0.29) is 0 Å². The van der Waals surface area contributed by atoms with Crippen LogP contribution in [0.3, 0.4) is 0 Å². The zero-order chi connectivity index (χ0) is 32.1. The Labute approximate surface area is 273 Å². The second-order valence-electron chi connectivity index (χ2n) is 12.5. The molecule has 47 heavy (non-hydrogen) atoms. The SMILES string of the molecule is CCc1c(C)c2[nH]c1=Cc1ccc([nH]1)C(c1ccccc1)=c1ccc([nH]1)=C(c1ccccc1)c1ccc([nH]1)C=c1[nH]c=2c(C)c1CC. The van der Waals surface area contributed by atoms with Crippen molar-refractivity contribution in [1.82, 2.24) is 24.9 Å². The molecule has 0 fully saturated rings. The van der Waals surface area contributed by atoms with Gasteiger partial charge in [-0.1, -0.05) is 74.5 Å². The number of benzene rings is 2. The van der Waals surface area contributed by atoms with Crippen LogP contribution in [0.25, 0.3) is 23.3 Å². The normalized spacial score (nSPS) is 12.7. The Morgan fingerprint density at radius 2 is 0.872 bits per heavy atom. The summed E-state index contributed by atoms with van der Waals surface area (Å²) in [7, 11) is 0. The van der Waals surface area contributed by atoms with Gasteiger partial charge >= 0.3 is 0 Å². The lowest BCUT2D eigenvalue weighted by molar-refractivity contribution is 1.10. The van der Waals surface area contributed by atoms with Gasteiger partial charge in [0, 0.05) is 55.3 Å². The van der Waals surface area contributed by atoms with Crippen molar-refractivity contribution in [3.8, 4) is 0 Å². The average Bonchev–Trinajstić information content (AvgIpc) is 3.93. The van der Waals surface area contributed by atoms with Gasteiger partial charge < -0.3 is 24.9 Å². The first-order chi connectivity index (χ1) is 23.0. The van der Waals surface area contributed by atoms with Gasteiger partial charge in [0.1, 0.15) is 0 Å². The van der Waals surface area contributed by atoms with Gasteiger partial charge in [0.05, 0.1) is 10.7 Å². The number of hydrogen-bond acceptors (Lipinski definition) is 0. The van der Waals surface area contributed by atoms with Crippen LogP contribution in [0.4, 0.5) is 0 Å². The largest absolute Gasteiger partial charge is 0.355 e. The van der Waals surface area contributed by atoms with Crippen LogP contribution >= 0.6 is 0 Å². The molecule has 0 radical (unpaired) electrons. The van der Waals surface area contributed by atoms with Gasteiger partial charge in [-0.25, -0.2) is 0 Å². The van der Waals surface area contributed by atoms with Crippen molar-refractivity contribution in [1.29, 1.82) is 0 Å². The van der Waals surface area contributed by atoms with Gasteiger partial charge in [-0.05, 0) is 109 Å². The number of H-pyrrole nitrogens is 5. The molecule has 0 saturated heterocycles. The third-order valence-electron chi connectivity index (χ3n) is 9.69. The molecule has 1 aliphatic rings. The van der Waals surface area contributed by atoms with Crippen molar-refractivity contribution >= 4 is 23.3 Å². The van der Waals surface area contributed by atoms with E-state index >= 15 is 0 Å². The monoisotopic (exact) mass is 613 g/mol. The molecule has 0 atom stereocenters. The Hall–Kier alpha value is -5.68. The van der Waals surface area contributed by atoms with E-state index in [1.807, 2.05) is 0 Å². The van der Waals surface area contributed by atoms with E-state index in [1.54, 1.807) is 0 Å². The van der Waals surface area contributed by atoms with E-state index in [1.165, 1.54) is 22.3 Å². The standard InChI is InChI=1S/C42H39N5/c1-5-31-25(3)41-42-26(4)32(6-2)38(47-42)24-30-18-20-34(44-30)40(28-15-11-8-12-16-28)36-22-21-35(45-36)39(27-13-9-7-10-14-27)33-19-17-29(43-33)23-37(31)46-41/h7-24,43-47H,5-6H2,1-4H3. The lowest BCUT2D eigenvalue weighted by atomic mass is 10.0. The van der Waals surface area contributed by atoms with Crippen LogP contribution in [-0.4, -0.2) is 24.9 Å². The lowest BCUT2D eigenvalue weighted by Gasteiger charge is -2.07. The van der Waals surface area contributed by atoms with Gasteiger partial charge in [-0.15, -0.1) is 0 Å². The minimum atomic E-state index is 0.944. The predicted molar refractivity (Wildman–Crippen MR) is 192 cm³/mol. The van der Waals surface area contributed by atoms with Crippen LogP contribution in [0.5, 0.6) is 0 Å². The number of nitrogens with one attached hydrogen (secondary N) is 5. The maximum absolute atomic E-state index is 3.83. The Balaban J connectivity index is 1.53. The second kappa shape index (κ2) is 11.6. The fourth-order valence-electron chi connectivity index (χ4n) is 7.37. The molecular weight excluding hydrogens is 574 g/mol. The van der Waals surface area contributed by atoms with E-state index in [9.17, 15) is 0 Å². The second-order valence-corrected chi connectivity index (χ2v) is 12.5. The van der Waals surface area contributed by atoms with Crippen molar-refractivity contribution in [3.63, 3.8) is 0 Å². The Morgan fingerprint density at radius 3 is 1.28 bits per heavy atom. The molecule has 0 unspecified atom stereocenters. The highest BCUT2D eigenvalue weighted by molar-refractivity contribution is 5.80. The van der Waals surface area contributed by atoms with E-state index < -0.39 is 0 Å². The van der Waals surface area contributed by atoms with Crippen molar-refractivity contribution in [3.05, 3.63) is 185 Å². The third-order valence-corrected chi connectivity index (χ3v) is 9.69. The summed E-state index contributed by atoms with van der Waals surface area (Å²) in [5, 5.41) is 6.71. The van der Waals surface area contributed by atoms with Gasteiger partial charge in [0.25, 0.3) is 0 Å². The summed E-state index contributed by atoms with van der Waals surface area (Å²) in [6.07, 6.45) is 6.39. The van der Waals surface area contributed by atoms with Crippen LogP contribution in [-0.2, 0) is 12.8 Å². The molecule has 0 spiro atoms. The Morgan fingerprint density at radius 1 is 0.447 bits per heavy atom. The van der Waals surface area contributed by atoms with Crippen molar-refractivity contribution in [2.75, 3.05) is 0 Å². The van der Waals surface area contributed by atoms with Crippen LogP contribution < -0.4 is 21.4 Å². The fraction of sp³-hybridized carbons (Fsp3) is 0.143. The Kier molecular flexibility index (Phi) is 7.10. The lowest BCUT2D eigenvalue weighted by Crippen LogP contribution is -2.17. The summed E-state index contributed by atoms with van der Waals surface area (Å²) >= 11 is 0. The highest BCUT2D eigenvalue weighted by Gasteiger charge is 2.14. The fourth-order valence-corrected chi connectivity index (χ4v) is 7.37. The summed E-state index contributed by atoms with van der Waals surface area (Å²) in [6.45, 7) is 8.96. The molecule has 5 N–H and O–H groups in total. The van der Waals surface area contributed by atoms with Crippen LogP contribution in [0.1, 0.15) is 70.0 Å². The Bertz CT molecular complexity index is 2420. The summed E-state index contributed by atoms with van der Waals surface area (Å²) in [5.41, 5.74) is 14.0. The maximum atomic E-state index is 3.83. The van der Waals surface area contributed by atoms with Crippen LogP contribution in [0.2, 0.25) is 0 Å². The van der Waals surface area contributed by atoms with Gasteiger partial charge in [0.2, 0.25) is 0 Å². The molecule has 0 saturated carbocycles. The zero-order valence-electron chi connectivity index (χ0n) is 27.3. The molecule has 8 rings (SSSR count). The number of aromatic nitrogens is 5. The van der Waals surface area contributed by atoms with E-state index in [4.69, 9.17) is 0 Å². The first-order valence-corrected chi connectivity index (χ1v) is 16.6. The van der Waals surface area contributed by atoms with Crippen molar-refractivity contribution in [2.45, 2.75) is 40.5 Å². The average molecular weight is 614 g/mol. The van der Waals surface area contributed by atoms with Gasteiger partial charge in [-0.3, -0.25) is 0 Å². The van der Waals surface area contributed by atoms with Crippen molar-refractivity contribution in [2.24, 2.45) is 0 Å². The van der Waals surface area contributed by atoms with E-state index in [0.717, 1.165) is 90.0 Å². The molecular formula is C42H39N5. The molecule has 0 aliphatic carbocycles. The van der Waals surface area contributed by atoms with Crippen LogP contribution in [0, 0.1) is 24.5 Å². The summed E-state index contributed by atoms with van der Waals surface area (Å²) < 4.78 is 0.